The van der Waals surface area contributed by atoms with Crippen LogP contribution in [0.2, 0.25) is 5.02 Å². The molecule has 15 heavy (non-hydrogen) atoms. The van der Waals surface area contributed by atoms with E-state index in [2.05, 4.69) is 15.9 Å². The van der Waals surface area contributed by atoms with Crippen LogP contribution in [0.3, 0.4) is 0 Å². The van der Waals surface area contributed by atoms with E-state index >= 15 is 0 Å². The number of aliphatic hydroxyl groups excluding tert-OH is 1. The summed E-state index contributed by atoms with van der Waals surface area (Å²) in [5.74, 6) is -0.487. The first-order chi connectivity index (χ1) is 6.86. The van der Waals surface area contributed by atoms with E-state index in [9.17, 15) is 9.50 Å². The van der Waals surface area contributed by atoms with Crippen LogP contribution >= 0.6 is 27.5 Å². The fraction of sp³-hybridized carbons (Fsp3) is 0.455. The average Bonchev–Trinajstić information content (AvgIpc) is 2.14. The molecule has 0 bridgehead atoms. The van der Waals surface area contributed by atoms with E-state index < -0.39 is 11.9 Å². The van der Waals surface area contributed by atoms with Gasteiger partial charge in [0.2, 0.25) is 0 Å². The standard InChI is InChI=1S/C11H13BrClFO/c1-5(2)11(15)8-7(14)4-6(3)10(13)9(8)12/h4-5,11,15H,1-3H3. The second-order valence-electron chi connectivity index (χ2n) is 3.91. The van der Waals surface area contributed by atoms with Gasteiger partial charge in [0, 0.05) is 10.0 Å². The summed E-state index contributed by atoms with van der Waals surface area (Å²) in [4.78, 5) is 0. The number of benzene rings is 1. The van der Waals surface area contributed by atoms with Crippen molar-refractivity contribution in [2.75, 3.05) is 0 Å². The van der Waals surface area contributed by atoms with Crippen molar-refractivity contribution in [3.63, 3.8) is 0 Å². The molecule has 1 N–H and O–H groups in total. The molecule has 0 aliphatic rings. The molecule has 0 fully saturated rings. The van der Waals surface area contributed by atoms with Gasteiger partial charge in [-0.15, -0.1) is 0 Å². The van der Waals surface area contributed by atoms with Crippen molar-refractivity contribution < 1.29 is 9.50 Å². The first-order valence-corrected chi connectivity index (χ1v) is 5.85. The molecular weight excluding hydrogens is 282 g/mol. The first kappa shape index (κ1) is 12.9. The molecular formula is C11H13BrClFO. The SMILES string of the molecule is Cc1cc(F)c(C(O)C(C)C)c(Br)c1Cl. The molecule has 1 unspecified atom stereocenters. The Hall–Kier alpha value is -0.120. The van der Waals surface area contributed by atoms with Crippen molar-refractivity contribution in [2.45, 2.75) is 26.9 Å². The summed E-state index contributed by atoms with van der Waals surface area (Å²) >= 11 is 9.20. The predicted molar refractivity (Wildman–Crippen MR) is 63.6 cm³/mol. The van der Waals surface area contributed by atoms with Crippen LogP contribution in [0.25, 0.3) is 0 Å². The van der Waals surface area contributed by atoms with Gasteiger partial charge in [0.15, 0.2) is 0 Å². The van der Waals surface area contributed by atoms with Gasteiger partial charge < -0.3 is 5.11 Å². The Kier molecular flexibility index (Phi) is 4.15. The number of hydrogen-bond acceptors (Lipinski definition) is 1. The highest BCUT2D eigenvalue weighted by atomic mass is 79.9. The minimum absolute atomic E-state index is 0.0606. The molecule has 0 amide bonds. The minimum atomic E-state index is -0.850. The lowest BCUT2D eigenvalue weighted by molar-refractivity contribution is 0.122. The Morgan fingerprint density at radius 3 is 2.47 bits per heavy atom. The zero-order chi connectivity index (χ0) is 11.7. The fourth-order valence-electron chi connectivity index (χ4n) is 1.33. The van der Waals surface area contributed by atoms with Crippen LogP contribution in [0.1, 0.15) is 31.1 Å². The van der Waals surface area contributed by atoms with Crippen LogP contribution in [-0.4, -0.2) is 5.11 Å². The molecule has 84 valence electrons. The highest BCUT2D eigenvalue weighted by Gasteiger charge is 2.22. The van der Waals surface area contributed by atoms with Crippen LogP contribution in [0.5, 0.6) is 0 Å². The maximum absolute atomic E-state index is 13.7. The molecule has 0 aromatic heterocycles. The third-order valence-corrected chi connectivity index (χ3v) is 3.84. The van der Waals surface area contributed by atoms with Crippen LogP contribution < -0.4 is 0 Å². The predicted octanol–water partition coefficient (Wildman–Crippen LogP) is 4.24. The van der Waals surface area contributed by atoms with Crippen molar-refractivity contribution in [2.24, 2.45) is 5.92 Å². The van der Waals surface area contributed by atoms with Gasteiger partial charge in [-0.05, 0) is 40.4 Å². The summed E-state index contributed by atoms with van der Waals surface area (Å²) in [5.41, 5.74) is 0.890. The zero-order valence-electron chi connectivity index (χ0n) is 8.81. The number of aryl methyl sites for hydroxylation is 1. The van der Waals surface area contributed by atoms with Gasteiger partial charge in [-0.3, -0.25) is 0 Å². The van der Waals surface area contributed by atoms with Crippen LogP contribution in [0.4, 0.5) is 4.39 Å². The number of hydrogen-bond donors (Lipinski definition) is 1. The smallest absolute Gasteiger partial charge is 0.130 e. The highest BCUT2D eigenvalue weighted by molar-refractivity contribution is 9.10. The molecule has 0 spiro atoms. The third kappa shape index (κ3) is 2.52. The Bertz CT molecular complexity index is 379. The molecule has 4 heteroatoms. The maximum atomic E-state index is 13.7. The molecule has 1 aromatic carbocycles. The normalized spacial score (nSPS) is 13.3. The monoisotopic (exact) mass is 294 g/mol. The van der Waals surface area contributed by atoms with E-state index in [1.807, 2.05) is 13.8 Å². The molecule has 0 aliphatic heterocycles. The molecule has 0 saturated heterocycles. The quantitative estimate of drug-likeness (QED) is 0.809. The van der Waals surface area contributed by atoms with Crippen molar-refractivity contribution in [1.29, 1.82) is 0 Å². The lowest BCUT2D eigenvalue weighted by Crippen LogP contribution is -2.09. The van der Waals surface area contributed by atoms with Gasteiger partial charge in [-0.25, -0.2) is 4.39 Å². The van der Waals surface area contributed by atoms with Crippen molar-refractivity contribution in [1.82, 2.24) is 0 Å². The summed E-state index contributed by atoms with van der Waals surface area (Å²) in [5, 5.41) is 10.3. The molecule has 1 atom stereocenters. The van der Waals surface area contributed by atoms with Gasteiger partial charge >= 0.3 is 0 Å². The largest absolute Gasteiger partial charge is 0.388 e. The average molecular weight is 296 g/mol. The van der Waals surface area contributed by atoms with E-state index in [4.69, 9.17) is 11.6 Å². The van der Waals surface area contributed by atoms with Gasteiger partial charge in [0.05, 0.1) is 11.1 Å². The van der Waals surface area contributed by atoms with Gasteiger partial charge in [-0.2, -0.15) is 0 Å². The van der Waals surface area contributed by atoms with Gasteiger partial charge in [0.1, 0.15) is 5.82 Å². The summed E-state index contributed by atoms with van der Waals surface area (Å²) in [7, 11) is 0. The van der Waals surface area contributed by atoms with Gasteiger partial charge in [-0.1, -0.05) is 25.4 Å². The maximum Gasteiger partial charge on any atom is 0.130 e. The summed E-state index contributed by atoms with van der Waals surface area (Å²) < 4.78 is 14.1. The van der Waals surface area contributed by atoms with E-state index in [0.29, 0.717) is 15.1 Å². The van der Waals surface area contributed by atoms with Crippen LogP contribution in [0, 0.1) is 18.7 Å². The molecule has 1 nitrogen and oxygen atoms in total. The summed E-state index contributed by atoms with van der Waals surface area (Å²) in [6, 6.07) is 1.34. The number of aliphatic hydroxyl groups is 1. The first-order valence-electron chi connectivity index (χ1n) is 4.68. The Balaban J connectivity index is 3.36. The zero-order valence-corrected chi connectivity index (χ0v) is 11.2. The fourth-order valence-corrected chi connectivity index (χ4v) is 2.22. The molecule has 0 saturated carbocycles. The van der Waals surface area contributed by atoms with E-state index in [1.165, 1.54) is 6.07 Å². The van der Waals surface area contributed by atoms with E-state index in [0.717, 1.165) is 0 Å². The number of rotatable bonds is 2. The molecule has 0 aliphatic carbocycles. The molecule has 1 aromatic rings. The lowest BCUT2D eigenvalue weighted by Gasteiger charge is -2.18. The van der Waals surface area contributed by atoms with Gasteiger partial charge in [0.25, 0.3) is 0 Å². The summed E-state index contributed by atoms with van der Waals surface area (Å²) in [6.45, 7) is 5.37. The van der Waals surface area contributed by atoms with Crippen molar-refractivity contribution >= 4 is 27.5 Å². The second kappa shape index (κ2) is 4.81. The Morgan fingerprint density at radius 1 is 1.47 bits per heavy atom. The molecule has 0 heterocycles. The Labute approximate surface area is 102 Å². The van der Waals surface area contributed by atoms with Crippen molar-refractivity contribution in [3.8, 4) is 0 Å². The molecule has 1 rings (SSSR count). The van der Waals surface area contributed by atoms with Crippen LogP contribution in [0.15, 0.2) is 10.5 Å². The van der Waals surface area contributed by atoms with E-state index in [1.54, 1.807) is 6.92 Å². The highest BCUT2D eigenvalue weighted by Crippen LogP contribution is 2.37. The summed E-state index contributed by atoms with van der Waals surface area (Å²) in [6.07, 6.45) is -0.850. The minimum Gasteiger partial charge on any atom is -0.388 e. The number of halogens is 3. The topological polar surface area (TPSA) is 20.2 Å². The Morgan fingerprint density at radius 2 is 2.00 bits per heavy atom. The molecule has 0 radical (unpaired) electrons. The second-order valence-corrected chi connectivity index (χ2v) is 5.08. The van der Waals surface area contributed by atoms with E-state index in [-0.39, 0.29) is 11.5 Å². The lowest BCUT2D eigenvalue weighted by atomic mass is 9.98. The third-order valence-electron chi connectivity index (χ3n) is 2.30. The van der Waals surface area contributed by atoms with Crippen molar-refractivity contribution in [3.05, 3.63) is 32.5 Å². The van der Waals surface area contributed by atoms with Crippen LogP contribution in [-0.2, 0) is 0 Å².